The molecule has 2 heterocycles. The lowest BCUT2D eigenvalue weighted by atomic mass is 9.95. The van der Waals surface area contributed by atoms with Crippen molar-refractivity contribution < 1.29 is 9.90 Å². The van der Waals surface area contributed by atoms with Crippen molar-refractivity contribution in [1.82, 2.24) is 14.8 Å². The lowest BCUT2D eigenvalue weighted by molar-refractivity contribution is -0.113. The van der Waals surface area contributed by atoms with Gasteiger partial charge in [0.25, 0.3) is 5.91 Å². The van der Waals surface area contributed by atoms with E-state index in [1.54, 1.807) is 53.2 Å². The Kier molecular flexibility index (Phi) is 4.29. The second kappa shape index (κ2) is 6.77. The number of phenols is 1. The van der Waals surface area contributed by atoms with Crippen LogP contribution in [0.1, 0.15) is 18.5 Å². The minimum absolute atomic E-state index is 0.147. The molecule has 1 amide bonds. The predicted octanol–water partition coefficient (Wildman–Crippen LogP) is 3.56. The molecule has 1 aliphatic heterocycles. The maximum atomic E-state index is 13.1. The molecule has 3 aromatic rings. The summed E-state index contributed by atoms with van der Waals surface area (Å²) in [5, 5.41) is 20.3. The van der Waals surface area contributed by atoms with Gasteiger partial charge in [0.1, 0.15) is 18.1 Å². The molecule has 0 saturated heterocycles. The Hall–Kier alpha value is -3.32. The Labute approximate surface area is 160 Å². The van der Waals surface area contributed by atoms with Gasteiger partial charge in [-0.25, -0.2) is 4.68 Å². The lowest BCUT2D eigenvalue weighted by Gasteiger charge is -2.28. The van der Waals surface area contributed by atoms with Crippen molar-refractivity contribution in [1.29, 1.82) is 0 Å². The molecule has 27 heavy (non-hydrogen) atoms. The highest BCUT2D eigenvalue weighted by Gasteiger charge is 2.33. The van der Waals surface area contributed by atoms with Crippen LogP contribution in [0.3, 0.4) is 0 Å². The Balaban J connectivity index is 1.77. The minimum Gasteiger partial charge on any atom is -0.508 e. The third-order valence-electron chi connectivity index (χ3n) is 4.37. The molecule has 7 nitrogen and oxygen atoms in total. The number of halogens is 1. The van der Waals surface area contributed by atoms with Crippen LogP contribution in [0.15, 0.2) is 66.1 Å². The summed E-state index contributed by atoms with van der Waals surface area (Å²) in [6.45, 7) is 1.81. The largest absolute Gasteiger partial charge is 0.508 e. The highest BCUT2D eigenvalue weighted by molar-refractivity contribution is 6.33. The Bertz CT molecular complexity index is 1040. The number of carbonyl (C=O) groups is 1. The van der Waals surface area contributed by atoms with Crippen LogP contribution in [-0.4, -0.2) is 25.8 Å². The fourth-order valence-corrected chi connectivity index (χ4v) is 3.29. The number of benzene rings is 2. The maximum absolute atomic E-state index is 13.1. The van der Waals surface area contributed by atoms with Crippen LogP contribution >= 0.6 is 11.6 Å². The number of aromatic nitrogens is 3. The Morgan fingerprint density at radius 1 is 1.22 bits per heavy atom. The van der Waals surface area contributed by atoms with Crippen LogP contribution in [0.5, 0.6) is 5.75 Å². The van der Waals surface area contributed by atoms with Gasteiger partial charge in [-0.3, -0.25) is 4.79 Å². The molecule has 136 valence electrons. The van der Waals surface area contributed by atoms with E-state index in [9.17, 15) is 9.90 Å². The van der Waals surface area contributed by atoms with Crippen molar-refractivity contribution in [3.05, 3.63) is 76.7 Å². The molecule has 1 atom stereocenters. The molecule has 4 rings (SSSR count). The quantitative estimate of drug-likeness (QED) is 0.645. The second-order valence-corrected chi connectivity index (χ2v) is 6.53. The summed E-state index contributed by atoms with van der Waals surface area (Å²) in [4.78, 5) is 17.3. The number of para-hydroxylation sites is 1. The monoisotopic (exact) mass is 381 g/mol. The van der Waals surface area contributed by atoms with E-state index in [1.165, 1.54) is 6.33 Å². The van der Waals surface area contributed by atoms with Crippen molar-refractivity contribution in [3.8, 4) is 5.75 Å². The number of allylic oxidation sites excluding steroid dienone is 1. The van der Waals surface area contributed by atoms with Crippen LogP contribution in [-0.2, 0) is 4.79 Å². The van der Waals surface area contributed by atoms with Crippen molar-refractivity contribution in [3.63, 3.8) is 0 Å². The molecular weight excluding hydrogens is 366 g/mol. The van der Waals surface area contributed by atoms with Gasteiger partial charge in [0.15, 0.2) is 0 Å². The first-order valence-electron chi connectivity index (χ1n) is 8.26. The lowest BCUT2D eigenvalue weighted by Crippen LogP contribution is -2.31. The zero-order valence-corrected chi connectivity index (χ0v) is 15.1. The molecule has 0 fully saturated rings. The summed E-state index contributed by atoms with van der Waals surface area (Å²) in [6, 6.07) is 13.2. The SMILES string of the molecule is CC1=C(C(=O)Nc2ccccc2Cl)C(c2ccc(O)cc2)n2ncnc2N1. The number of anilines is 2. The zero-order chi connectivity index (χ0) is 19.0. The minimum atomic E-state index is -0.494. The van der Waals surface area contributed by atoms with Crippen molar-refractivity contribution in [2.24, 2.45) is 0 Å². The number of nitrogens with one attached hydrogen (secondary N) is 2. The third-order valence-corrected chi connectivity index (χ3v) is 4.70. The zero-order valence-electron chi connectivity index (χ0n) is 14.3. The first kappa shape index (κ1) is 17.1. The molecule has 1 aromatic heterocycles. The topological polar surface area (TPSA) is 92.1 Å². The fourth-order valence-electron chi connectivity index (χ4n) is 3.10. The van der Waals surface area contributed by atoms with Crippen LogP contribution in [0.25, 0.3) is 0 Å². The molecule has 0 saturated carbocycles. The van der Waals surface area contributed by atoms with Gasteiger partial charge in [-0.2, -0.15) is 10.1 Å². The Morgan fingerprint density at radius 3 is 2.70 bits per heavy atom. The molecule has 0 radical (unpaired) electrons. The van der Waals surface area contributed by atoms with E-state index < -0.39 is 6.04 Å². The van der Waals surface area contributed by atoms with Gasteiger partial charge in [-0.15, -0.1) is 0 Å². The van der Waals surface area contributed by atoms with Gasteiger partial charge in [-0.05, 0) is 36.8 Å². The van der Waals surface area contributed by atoms with Crippen LogP contribution in [0.4, 0.5) is 11.6 Å². The molecule has 3 N–H and O–H groups in total. The van der Waals surface area contributed by atoms with Crippen LogP contribution in [0.2, 0.25) is 5.02 Å². The number of phenolic OH excluding ortho intramolecular Hbond substituents is 1. The average molecular weight is 382 g/mol. The molecule has 1 aliphatic rings. The van der Waals surface area contributed by atoms with Crippen molar-refractivity contribution in [2.75, 3.05) is 10.6 Å². The number of hydrogen-bond acceptors (Lipinski definition) is 5. The summed E-state index contributed by atoms with van der Waals surface area (Å²) in [5.41, 5.74) is 2.47. The molecule has 8 heteroatoms. The molecular formula is C19H16ClN5O2. The van der Waals surface area contributed by atoms with Gasteiger partial charge in [0, 0.05) is 5.70 Å². The highest BCUT2D eigenvalue weighted by atomic mass is 35.5. The smallest absolute Gasteiger partial charge is 0.255 e. The molecule has 0 spiro atoms. The van der Waals surface area contributed by atoms with Crippen molar-refractivity contribution >= 4 is 29.1 Å². The van der Waals surface area contributed by atoms with E-state index in [1.807, 2.05) is 6.92 Å². The summed E-state index contributed by atoms with van der Waals surface area (Å²) in [6.07, 6.45) is 1.43. The van der Waals surface area contributed by atoms with Crippen LogP contribution < -0.4 is 10.6 Å². The number of rotatable bonds is 3. The fraction of sp³-hybridized carbons (Fsp3) is 0.105. The number of nitrogens with zero attached hydrogens (tertiary/aromatic N) is 3. The van der Waals surface area contributed by atoms with Gasteiger partial charge >= 0.3 is 0 Å². The first-order chi connectivity index (χ1) is 13.0. The van der Waals surface area contributed by atoms with Gasteiger partial charge in [0.2, 0.25) is 5.95 Å². The van der Waals surface area contributed by atoms with E-state index in [2.05, 4.69) is 20.7 Å². The van der Waals surface area contributed by atoms with Crippen LogP contribution in [0, 0.1) is 0 Å². The number of amides is 1. The number of hydrogen-bond donors (Lipinski definition) is 3. The van der Waals surface area contributed by atoms with E-state index in [4.69, 9.17) is 11.6 Å². The summed E-state index contributed by atoms with van der Waals surface area (Å²) >= 11 is 6.18. The summed E-state index contributed by atoms with van der Waals surface area (Å²) in [7, 11) is 0. The van der Waals surface area contributed by atoms with Crippen molar-refractivity contribution in [2.45, 2.75) is 13.0 Å². The predicted molar refractivity (Wildman–Crippen MR) is 103 cm³/mol. The van der Waals surface area contributed by atoms with E-state index in [0.29, 0.717) is 27.9 Å². The van der Waals surface area contributed by atoms with E-state index in [0.717, 1.165) is 5.56 Å². The third kappa shape index (κ3) is 3.13. The Morgan fingerprint density at radius 2 is 1.96 bits per heavy atom. The van der Waals surface area contributed by atoms with E-state index >= 15 is 0 Å². The first-order valence-corrected chi connectivity index (χ1v) is 8.64. The van der Waals surface area contributed by atoms with Gasteiger partial charge in [-0.1, -0.05) is 35.9 Å². The second-order valence-electron chi connectivity index (χ2n) is 6.12. The number of carbonyl (C=O) groups excluding carboxylic acids is 1. The van der Waals surface area contributed by atoms with Gasteiger partial charge in [0.05, 0.1) is 16.3 Å². The van der Waals surface area contributed by atoms with Gasteiger partial charge < -0.3 is 15.7 Å². The molecule has 2 aromatic carbocycles. The molecule has 1 unspecified atom stereocenters. The maximum Gasteiger partial charge on any atom is 0.255 e. The summed E-state index contributed by atoms with van der Waals surface area (Å²) in [5.74, 6) is 0.390. The summed E-state index contributed by atoms with van der Waals surface area (Å²) < 4.78 is 1.64. The molecule has 0 bridgehead atoms. The average Bonchev–Trinajstić information content (AvgIpc) is 3.11. The molecule has 0 aliphatic carbocycles. The number of aromatic hydroxyl groups is 1. The number of fused-ring (bicyclic) bond motifs is 1. The van der Waals surface area contributed by atoms with E-state index in [-0.39, 0.29) is 11.7 Å². The normalized spacial score (nSPS) is 15.9. The standard InChI is InChI=1S/C19H16ClN5O2/c1-11-16(18(27)24-15-5-3-2-4-14(15)20)17(12-6-8-13(26)9-7-12)25-19(23-11)21-10-22-25/h2-10,17,26H,1H3,(H,24,27)(H,21,22,23). The highest BCUT2D eigenvalue weighted by Crippen LogP contribution is 2.36.